The van der Waals surface area contributed by atoms with E-state index in [2.05, 4.69) is 22.1 Å². The van der Waals surface area contributed by atoms with Crippen LogP contribution in [0.2, 0.25) is 0 Å². The van der Waals surface area contributed by atoms with E-state index in [1.165, 1.54) is 19.3 Å². The molecule has 1 fully saturated rings. The lowest BCUT2D eigenvalue weighted by Gasteiger charge is -2.31. The van der Waals surface area contributed by atoms with Gasteiger partial charge in [0.05, 0.1) is 6.04 Å². The van der Waals surface area contributed by atoms with Gasteiger partial charge in [-0.3, -0.25) is 14.7 Å². The molecule has 5 nitrogen and oxygen atoms in total. The SMILES string of the molecule is CC(c1ccc(C(=O)NCCc2ccccn2)o1)N1CCCCC1. The third-order valence-corrected chi connectivity index (χ3v) is 4.59. The largest absolute Gasteiger partial charge is 0.454 e. The van der Waals surface area contributed by atoms with Crippen LogP contribution >= 0.6 is 0 Å². The first-order chi connectivity index (χ1) is 11.7. The summed E-state index contributed by atoms with van der Waals surface area (Å²) in [5, 5.41) is 2.89. The van der Waals surface area contributed by atoms with E-state index in [9.17, 15) is 4.79 Å². The van der Waals surface area contributed by atoms with Crippen molar-refractivity contribution in [2.75, 3.05) is 19.6 Å². The Kier molecular flexibility index (Phi) is 5.64. The van der Waals surface area contributed by atoms with Crippen molar-refractivity contribution in [1.82, 2.24) is 15.2 Å². The number of carbonyl (C=O) groups is 1. The molecule has 1 unspecified atom stereocenters. The molecule has 0 saturated carbocycles. The number of aromatic nitrogens is 1. The van der Waals surface area contributed by atoms with Gasteiger partial charge in [-0.05, 0) is 57.1 Å². The van der Waals surface area contributed by atoms with Crippen molar-refractivity contribution in [2.24, 2.45) is 0 Å². The normalized spacial score (nSPS) is 16.7. The van der Waals surface area contributed by atoms with Gasteiger partial charge in [0.15, 0.2) is 5.76 Å². The quantitative estimate of drug-likeness (QED) is 0.885. The number of furan rings is 1. The fourth-order valence-electron chi connectivity index (χ4n) is 3.12. The van der Waals surface area contributed by atoms with Crippen molar-refractivity contribution in [3.8, 4) is 0 Å². The van der Waals surface area contributed by atoms with Gasteiger partial charge in [-0.15, -0.1) is 0 Å². The molecular weight excluding hydrogens is 302 g/mol. The molecule has 24 heavy (non-hydrogen) atoms. The molecule has 5 heteroatoms. The minimum Gasteiger partial charge on any atom is -0.454 e. The smallest absolute Gasteiger partial charge is 0.287 e. The first-order valence-electron chi connectivity index (χ1n) is 8.76. The molecule has 3 rings (SSSR count). The average molecular weight is 327 g/mol. The second-order valence-corrected chi connectivity index (χ2v) is 6.30. The topological polar surface area (TPSA) is 58.4 Å². The highest BCUT2D eigenvalue weighted by molar-refractivity contribution is 5.91. The molecule has 1 aliphatic rings. The van der Waals surface area contributed by atoms with Crippen LogP contribution in [0.1, 0.15) is 54.2 Å². The predicted octanol–water partition coefficient (Wildman–Crippen LogP) is 3.19. The van der Waals surface area contributed by atoms with Crippen molar-refractivity contribution < 1.29 is 9.21 Å². The molecule has 2 aromatic heterocycles. The molecule has 1 aliphatic heterocycles. The fourth-order valence-corrected chi connectivity index (χ4v) is 3.12. The van der Waals surface area contributed by atoms with Crippen LogP contribution in [0.25, 0.3) is 0 Å². The molecule has 0 aromatic carbocycles. The molecule has 0 radical (unpaired) electrons. The summed E-state index contributed by atoms with van der Waals surface area (Å²) < 4.78 is 5.79. The summed E-state index contributed by atoms with van der Waals surface area (Å²) in [5.74, 6) is 1.09. The first kappa shape index (κ1) is 16.7. The second-order valence-electron chi connectivity index (χ2n) is 6.30. The summed E-state index contributed by atoms with van der Waals surface area (Å²) in [7, 11) is 0. The first-order valence-corrected chi connectivity index (χ1v) is 8.76. The third-order valence-electron chi connectivity index (χ3n) is 4.59. The average Bonchev–Trinajstić information content (AvgIpc) is 3.13. The van der Waals surface area contributed by atoms with Crippen molar-refractivity contribution in [3.63, 3.8) is 0 Å². The zero-order valence-electron chi connectivity index (χ0n) is 14.2. The summed E-state index contributed by atoms with van der Waals surface area (Å²) in [6.45, 7) is 4.90. The minimum atomic E-state index is -0.164. The Labute approximate surface area is 143 Å². The molecule has 1 amide bonds. The number of hydrogen-bond donors (Lipinski definition) is 1. The van der Waals surface area contributed by atoms with Crippen LogP contribution in [-0.4, -0.2) is 35.4 Å². The lowest BCUT2D eigenvalue weighted by atomic mass is 10.1. The molecule has 1 saturated heterocycles. The van der Waals surface area contributed by atoms with Gasteiger partial charge in [0, 0.05) is 24.9 Å². The highest BCUT2D eigenvalue weighted by Crippen LogP contribution is 2.25. The lowest BCUT2D eigenvalue weighted by molar-refractivity contribution is 0.0917. The van der Waals surface area contributed by atoms with Crippen LogP contribution in [0.4, 0.5) is 0 Å². The summed E-state index contributed by atoms with van der Waals surface area (Å²) in [6.07, 6.45) is 6.27. The Morgan fingerprint density at radius 2 is 2.08 bits per heavy atom. The van der Waals surface area contributed by atoms with Gasteiger partial charge in [-0.1, -0.05) is 12.5 Å². The van der Waals surface area contributed by atoms with E-state index in [4.69, 9.17) is 4.42 Å². The van der Waals surface area contributed by atoms with Crippen LogP contribution in [0, 0.1) is 0 Å². The van der Waals surface area contributed by atoms with E-state index in [-0.39, 0.29) is 11.9 Å². The van der Waals surface area contributed by atoms with E-state index in [1.807, 2.05) is 24.3 Å². The zero-order valence-corrected chi connectivity index (χ0v) is 14.2. The Balaban J connectivity index is 1.51. The number of pyridine rings is 1. The van der Waals surface area contributed by atoms with Gasteiger partial charge in [-0.2, -0.15) is 0 Å². The summed E-state index contributed by atoms with van der Waals surface area (Å²) in [4.78, 5) is 18.9. The molecule has 3 heterocycles. The number of nitrogens with one attached hydrogen (secondary N) is 1. The standard InChI is InChI=1S/C19H25N3O2/c1-15(22-13-5-2-6-14-22)17-8-9-18(24-17)19(23)21-12-10-16-7-3-4-11-20-16/h3-4,7-9,11,15H,2,5-6,10,12-14H2,1H3,(H,21,23). The van der Waals surface area contributed by atoms with E-state index >= 15 is 0 Å². The minimum absolute atomic E-state index is 0.164. The number of hydrogen-bond acceptors (Lipinski definition) is 4. The van der Waals surface area contributed by atoms with Crippen molar-refractivity contribution in [2.45, 2.75) is 38.6 Å². The molecule has 1 atom stereocenters. The van der Waals surface area contributed by atoms with Crippen LogP contribution in [0.15, 0.2) is 40.9 Å². The number of carbonyl (C=O) groups excluding carboxylic acids is 1. The van der Waals surface area contributed by atoms with E-state index < -0.39 is 0 Å². The maximum absolute atomic E-state index is 12.2. The van der Waals surface area contributed by atoms with Crippen molar-refractivity contribution in [1.29, 1.82) is 0 Å². The van der Waals surface area contributed by atoms with E-state index in [0.29, 0.717) is 18.7 Å². The maximum atomic E-state index is 12.2. The monoisotopic (exact) mass is 327 g/mol. The number of amides is 1. The number of nitrogens with zero attached hydrogens (tertiary/aromatic N) is 2. The Hall–Kier alpha value is -2.14. The molecule has 1 N–H and O–H groups in total. The van der Waals surface area contributed by atoms with E-state index in [0.717, 1.165) is 24.5 Å². The molecule has 128 valence electrons. The van der Waals surface area contributed by atoms with Crippen LogP contribution in [0.3, 0.4) is 0 Å². The van der Waals surface area contributed by atoms with Crippen LogP contribution in [0.5, 0.6) is 0 Å². The van der Waals surface area contributed by atoms with Crippen LogP contribution < -0.4 is 5.32 Å². The highest BCUT2D eigenvalue weighted by atomic mass is 16.4. The van der Waals surface area contributed by atoms with Gasteiger partial charge in [0.25, 0.3) is 5.91 Å². The van der Waals surface area contributed by atoms with Gasteiger partial charge in [-0.25, -0.2) is 0 Å². The van der Waals surface area contributed by atoms with Gasteiger partial charge < -0.3 is 9.73 Å². The fraction of sp³-hybridized carbons (Fsp3) is 0.474. The zero-order chi connectivity index (χ0) is 16.8. The number of likely N-dealkylation sites (tertiary alicyclic amines) is 1. The highest BCUT2D eigenvalue weighted by Gasteiger charge is 2.22. The Morgan fingerprint density at radius 1 is 1.25 bits per heavy atom. The Bertz CT molecular complexity index is 648. The van der Waals surface area contributed by atoms with Gasteiger partial charge >= 0.3 is 0 Å². The maximum Gasteiger partial charge on any atom is 0.287 e. The van der Waals surface area contributed by atoms with Crippen molar-refractivity contribution in [3.05, 3.63) is 53.7 Å². The Morgan fingerprint density at radius 3 is 2.83 bits per heavy atom. The van der Waals surface area contributed by atoms with Crippen molar-refractivity contribution >= 4 is 5.91 Å². The molecule has 0 spiro atoms. The van der Waals surface area contributed by atoms with E-state index in [1.54, 1.807) is 12.3 Å². The molecular formula is C19H25N3O2. The predicted molar refractivity (Wildman–Crippen MR) is 92.8 cm³/mol. The molecule has 0 bridgehead atoms. The summed E-state index contributed by atoms with van der Waals surface area (Å²) >= 11 is 0. The second kappa shape index (κ2) is 8.11. The van der Waals surface area contributed by atoms with Gasteiger partial charge in [0.2, 0.25) is 0 Å². The number of piperidine rings is 1. The molecule has 0 aliphatic carbocycles. The molecule has 2 aromatic rings. The number of rotatable bonds is 6. The summed E-state index contributed by atoms with van der Waals surface area (Å²) in [6, 6.07) is 9.71. The van der Waals surface area contributed by atoms with Gasteiger partial charge in [0.1, 0.15) is 5.76 Å². The van der Waals surface area contributed by atoms with Crippen LogP contribution in [-0.2, 0) is 6.42 Å². The third kappa shape index (κ3) is 4.23. The lowest BCUT2D eigenvalue weighted by Crippen LogP contribution is -2.32. The summed E-state index contributed by atoms with van der Waals surface area (Å²) in [5.41, 5.74) is 0.969.